The van der Waals surface area contributed by atoms with Crippen molar-refractivity contribution in [3.63, 3.8) is 0 Å². The largest absolute Gasteiger partial charge is 0.370 e. The van der Waals surface area contributed by atoms with Gasteiger partial charge in [0.1, 0.15) is 5.82 Å². The zero-order valence-corrected chi connectivity index (χ0v) is 14.9. The molecule has 0 spiro atoms. The van der Waals surface area contributed by atoms with Gasteiger partial charge in [0, 0.05) is 12.2 Å². The fraction of sp³-hybridized carbons (Fsp3) is 0.235. The van der Waals surface area contributed by atoms with Crippen molar-refractivity contribution in [2.75, 3.05) is 11.9 Å². The number of halogens is 2. The number of aliphatic imine (C=N–C) groups is 1. The van der Waals surface area contributed by atoms with Crippen LogP contribution in [0.1, 0.15) is 18.1 Å². The number of hydrogen-bond acceptors (Lipinski definition) is 1. The number of anilines is 1. The van der Waals surface area contributed by atoms with Gasteiger partial charge >= 0.3 is 0 Å². The highest BCUT2D eigenvalue weighted by atomic mass is 127. The van der Waals surface area contributed by atoms with E-state index in [1.165, 1.54) is 17.7 Å². The molecule has 0 atom stereocenters. The van der Waals surface area contributed by atoms with Gasteiger partial charge in [-0.1, -0.05) is 31.2 Å². The molecule has 0 saturated heterocycles. The standard InChI is InChI=1S/C17H20FN3.HI/c1-2-13-4-3-5-16(12-13)21-17(19)20-11-10-14-6-8-15(18)9-7-14;/h3-9,12H,2,10-11H2,1H3,(H3,19,20,21);1H. The van der Waals surface area contributed by atoms with E-state index in [4.69, 9.17) is 5.73 Å². The van der Waals surface area contributed by atoms with Gasteiger partial charge in [-0.3, -0.25) is 4.99 Å². The molecule has 0 aliphatic heterocycles. The summed E-state index contributed by atoms with van der Waals surface area (Å²) in [6.45, 7) is 2.68. The van der Waals surface area contributed by atoms with Crippen molar-refractivity contribution in [2.24, 2.45) is 10.7 Å². The van der Waals surface area contributed by atoms with Gasteiger partial charge in [0.25, 0.3) is 0 Å². The topological polar surface area (TPSA) is 50.4 Å². The van der Waals surface area contributed by atoms with E-state index in [-0.39, 0.29) is 29.8 Å². The zero-order chi connectivity index (χ0) is 15.1. The van der Waals surface area contributed by atoms with Gasteiger partial charge in [-0.25, -0.2) is 4.39 Å². The Bertz CT molecular complexity index is 612. The molecule has 0 aliphatic rings. The van der Waals surface area contributed by atoms with Crippen molar-refractivity contribution in [3.8, 4) is 0 Å². The smallest absolute Gasteiger partial charge is 0.193 e. The maximum absolute atomic E-state index is 12.8. The highest BCUT2D eigenvalue weighted by Crippen LogP contribution is 2.10. The summed E-state index contributed by atoms with van der Waals surface area (Å²) < 4.78 is 12.8. The molecule has 0 bridgehead atoms. The number of aryl methyl sites for hydroxylation is 1. The maximum Gasteiger partial charge on any atom is 0.193 e. The molecule has 0 aliphatic carbocycles. The molecule has 2 aromatic rings. The Balaban J connectivity index is 0.00000242. The molecule has 5 heteroatoms. The third-order valence-electron chi connectivity index (χ3n) is 3.20. The van der Waals surface area contributed by atoms with Crippen LogP contribution in [0.25, 0.3) is 0 Å². The molecule has 0 aromatic heterocycles. The molecule has 3 nitrogen and oxygen atoms in total. The van der Waals surface area contributed by atoms with E-state index in [0.717, 1.165) is 24.1 Å². The molecule has 118 valence electrons. The first-order valence-electron chi connectivity index (χ1n) is 7.07. The maximum atomic E-state index is 12.8. The molecule has 0 heterocycles. The third kappa shape index (κ3) is 6.01. The van der Waals surface area contributed by atoms with Gasteiger partial charge in [-0.2, -0.15) is 0 Å². The van der Waals surface area contributed by atoms with Gasteiger partial charge in [-0.05, 0) is 48.2 Å². The zero-order valence-electron chi connectivity index (χ0n) is 12.6. The van der Waals surface area contributed by atoms with Gasteiger partial charge in [0.05, 0.1) is 0 Å². The molecule has 0 unspecified atom stereocenters. The summed E-state index contributed by atoms with van der Waals surface area (Å²) in [7, 11) is 0. The minimum absolute atomic E-state index is 0. The van der Waals surface area contributed by atoms with E-state index in [9.17, 15) is 4.39 Å². The highest BCUT2D eigenvalue weighted by molar-refractivity contribution is 14.0. The molecular weight excluding hydrogens is 392 g/mol. The second-order valence-corrected chi connectivity index (χ2v) is 4.82. The number of hydrogen-bond donors (Lipinski definition) is 2. The Morgan fingerprint density at radius 1 is 1.14 bits per heavy atom. The van der Waals surface area contributed by atoms with Crippen LogP contribution in [0.3, 0.4) is 0 Å². The average molecular weight is 413 g/mol. The average Bonchev–Trinajstić information content (AvgIpc) is 2.49. The number of nitrogens with two attached hydrogens (primary N) is 1. The van der Waals surface area contributed by atoms with E-state index in [1.54, 1.807) is 12.1 Å². The Labute approximate surface area is 147 Å². The Morgan fingerprint density at radius 3 is 2.55 bits per heavy atom. The predicted molar refractivity (Wildman–Crippen MR) is 101 cm³/mol. The molecule has 0 amide bonds. The van der Waals surface area contributed by atoms with Crippen LogP contribution in [-0.2, 0) is 12.8 Å². The molecule has 2 aromatic carbocycles. The number of guanidine groups is 1. The number of nitrogens with zero attached hydrogens (tertiary/aromatic N) is 1. The second-order valence-electron chi connectivity index (χ2n) is 4.82. The van der Waals surface area contributed by atoms with E-state index >= 15 is 0 Å². The van der Waals surface area contributed by atoms with E-state index in [0.29, 0.717) is 12.5 Å². The van der Waals surface area contributed by atoms with E-state index < -0.39 is 0 Å². The first-order chi connectivity index (χ1) is 10.2. The second kappa shape index (κ2) is 9.40. The predicted octanol–water partition coefficient (Wildman–Crippen LogP) is 3.98. The summed E-state index contributed by atoms with van der Waals surface area (Å²) in [4.78, 5) is 4.28. The van der Waals surface area contributed by atoms with Gasteiger partial charge in [0.15, 0.2) is 5.96 Å². The van der Waals surface area contributed by atoms with Crippen molar-refractivity contribution in [1.82, 2.24) is 0 Å². The van der Waals surface area contributed by atoms with Crippen molar-refractivity contribution < 1.29 is 4.39 Å². The quantitative estimate of drug-likeness (QED) is 0.443. The Morgan fingerprint density at radius 2 is 1.86 bits per heavy atom. The minimum atomic E-state index is -0.223. The highest BCUT2D eigenvalue weighted by Gasteiger charge is 1.97. The first kappa shape index (κ1) is 18.4. The van der Waals surface area contributed by atoms with E-state index in [2.05, 4.69) is 29.4 Å². The lowest BCUT2D eigenvalue weighted by Gasteiger charge is -2.07. The fourth-order valence-electron chi connectivity index (χ4n) is 2.01. The van der Waals surface area contributed by atoms with Gasteiger partial charge in [0.2, 0.25) is 0 Å². The number of benzene rings is 2. The molecule has 2 rings (SSSR count). The van der Waals surface area contributed by atoms with Crippen LogP contribution in [0.2, 0.25) is 0 Å². The summed E-state index contributed by atoms with van der Waals surface area (Å²) >= 11 is 0. The van der Waals surface area contributed by atoms with Gasteiger partial charge < -0.3 is 11.1 Å². The summed E-state index contributed by atoms with van der Waals surface area (Å²) in [6.07, 6.45) is 1.72. The Kier molecular flexibility index (Phi) is 7.87. The summed E-state index contributed by atoms with van der Waals surface area (Å²) in [5.74, 6) is 0.171. The van der Waals surface area contributed by atoms with Crippen molar-refractivity contribution >= 4 is 35.6 Å². The lowest BCUT2D eigenvalue weighted by Crippen LogP contribution is -2.23. The summed E-state index contributed by atoms with van der Waals surface area (Å²) in [5, 5.41) is 3.08. The monoisotopic (exact) mass is 413 g/mol. The van der Waals surface area contributed by atoms with Crippen LogP contribution in [-0.4, -0.2) is 12.5 Å². The number of rotatable bonds is 5. The molecule has 0 radical (unpaired) electrons. The normalized spacial score (nSPS) is 10.9. The lowest BCUT2D eigenvalue weighted by molar-refractivity contribution is 0.627. The third-order valence-corrected chi connectivity index (χ3v) is 3.20. The summed E-state index contributed by atoms with van der Waals surface area (Å²) in [5.41, 5.74) is 9.10. The lowest BCUT2D eigenvalue weighted by atomic mass is 10.1. The van der Waals surface area contributed by atoms with Crippen LogP contribution < -0.4 is 11.1 Å². The van der Waals surface area contributed by atoms with Crippen molar-refractivity contribution in [3.05, 3.63) is 65.5 Å². The molecule has 0 fully saturated rings. The van der Waals surface area contributed by atoms with E-state index in [1.807, 2.05) is 12.1 Å². The van der Waals surface area contributed by atoms with Crippen LogP contribution in [0.5, 0.6) is 0 Å². The van der Waals surface area contributed by atoms with Crippen molar-refractivity contribution in [2.45, 2.75) is 19.8 Å². The molecule has 3 N–H and O–H groups in total. The SMILES string of the molecule is CCc1cccc(NC(N)=NCCc2ccc(F)cc2)c1.I. The molecular formula is C17H21FIN3. The van der Waals surface area contributed by atoms with Crippen LogP contribution in [0.4, 0.5) is 10.1 Å². The van der Waals surface area contributed by atoms with Crippen LogP contribution in [0.15, 0.2) is 53.5 Å². The van der Waals surface area contributed by atoms with Crippen LogP contribution in [0, 0.1) is 5.82 Å². The van der Waals surface area contributed by atoms with Crippen molar-refractivity contribution in [1.29, 1.82) is 0 Å². The Hall–Kier alpha value is -1.63. The summed E-state index contributed by atoms with van der Waals surface area (Å²) in [6, 6.07) is 14.5. The molecule has 22 heavy (non-hydrogen) atoms. The molecule has 0 saturated carbocycles. The first-order valence-corrected chi connectivity index (χ1v) is 7.07. The van der Waals surface area contributed by atoms with Crippen LogP contribution >= 0.6 is 24.0 Å². The van der Waals surface area contributed by atoms with Gasteiger partial charge in [-0.15, -0.1) is 24.0 Å². The minimum Gasteiger partial charge on any atom is -0.370 e. The fourth-order valence-corrected chi connectivity index (χ4v) is 2.01. The number of nitrogens with one attached hydrogen (secondary N) is 1.